The third-order valence-electron chi connectivity index (χ3n) is 2.93. The number of nitrogens with zero attached hydrogens (tertiary/aromatic N) is 1. The second kappa shape index (κ2) is 2.59. The largest absolute Gasteiger partial charge is 0.305 e. The summed E-state index contributed by atoms with van der Waals surface area (Å²) >= 11 is 1.75. The molecule has 1 saturated carbocycles. The molecule has 1 aromatic heterocycles. The van der Waals surface area contributed by atoms with Crippen molar-refractivity contribution < 1.29 is 0 Å². The molecule has 0 aliphatic heterocycles. The molecule has 0 unspecified atom stereocenters. The van der Waals surface area contributed by atoms with Gasteiger partial charge in [0.2, 0.25) is 0 Å². The minimum absolute atomic E-state index is 0.166. The van der Waals surface area contributed by atoms with Gasteiger partial charge in [0.25, 0.3) is 5.54 Å². The Balaban J connectivity index is 2.32. The van der Waals surface area contributed by atoms with Gasteiger partial charge < -0.3 is 4.85 Å². The SMILES string of the molecule is [C-]#[N+]C1(c2cccc3sccc23)CC1. The fourth-order valence-electron chi connectivity index (χ4n) is 1.96. The minimum Gasteiger partial charge on any atom is -0.305 e. The quantitative estimate of drug-likeness (QED) is 0.615. The summed E-state index contributed by atoms with van der Waals surface area (Å²) in [6.07, 6.45) is 2.07. The Morgan fingerprint density at radius 1 is 1.29 bits per heavy atom. The summed E-state index contributed by atoms with van der Waals surface area (Å²) in [6, 6.07) is 8.45. The lowest BCUT2D eigenvalue weighted by atomic mass is 10.0. The highest BCUT2D eigenvalue weighted by molar-refractivity contribution is 7.17. The fraction of sp³-hybridized carbons (Fsp3) is 0.250. The van der Waals surface area contributed by atoms with Crippen LogP contribution in [-0.4, -0.2) is 0 Å². The standard InChI is InChI=1S/C12H9NS/c1-13-12(6-7-12)10-3-2-4-11-9(10)5-8-14-11/h2-5,8H,6-7H2. The smallest absolute Gasteiger partial charge is 0.258 e. The van der Waals surface area contributed by atoms with Crippen LogP contribution >= 0.6 is 11.3 Å². The maximum absolute atomic E-state index is 7.26. The van der Waals surface area contributed by atoms with E-state index in [0.717, 1.165) is 12.8 Å². The average Bonchev–Trinajstić information content (AvgIpc) is 2.87. The molecular formula is C12H9NS. The van der Waals surface area contributed by atoms with E-state index in [2.05, 4.69) is 34.5 Å². The Kier molecular flexibility index (Phi) is 1.48. The first-order valence-corrected chi connectivity index (χ1v) is 5.59. The summed E-state index contributed by atoms with van der Waals surface area (Å²) in [5, 5.41) is 3.39. The topological polar surface area (TPSA) is 4.36 Å². The van der Waals surface area contributed by atoms with Crippen molar-refractivity contribution in [2.24, 2.45) is 0 Å². The Hall–Kier alpha value is -1.33. The first-order chi connectivity index (χ1) is 6.86. The van der Waals surface area contributed by atoms with E-state index in [1.807, 2.05) is 0 Å². The molecule has 2 heteroatoms. The molecule has 1 nitrogen and oxygen atoms in total. The molecule has 0 saturated heterocycles. The predicted octanol–water partition coefficient (Wildman–Crippen LogP) is 3.81. The van der Waals surface area contributed by atoms with Crippen molar-refractivity contribution in [3.63, 3.8) is 0 Å². The van der Waals surface area contributed by atoms with Crippen LogP contribution in [0.2, 0.25) is 0 Å². The highest BCUT2D eigenvalue weighted by Crippen LogP contribution is 2.51. The highest BCUT2D eigenvalue weighted by atomic mass is 32.1. The number of benzene rings is 1. The van der Waals surface area contributed by atoms with E-state index >= 15 is 0 Å². The Labute approximate surface area is 86.8 Å². The summed E-state index contributed by atoms with van der Waals surface area (Å²) in [6.45, 7) is 7.26. The van der Waals surface area contributed by atoms with Gasteiger partial charge in [0.15, 0.2) is 0 Å². The van der Waals surface area contributed by atoms with Crippen LogP contribution in [0.5, 0.6) is 0 Å². The predicted molar refractivity (Wildman–Crippen MR) is 59.3 cm³/mol. The molecule has 0 spiro atoms. The van der Waals surface area contributed by atoms with Crippen LogP contribution in [-0.2, 0) is 5.54 Å². The van der Waals surface area contributed by atoms with Gasteiger partial charge in [-0.15, -0.1) is 11.3 Å². The lowest BCUT2D eigenvalue weighted by molar-refractivity contribution is 0.896. The van der Waals surface area contributed by atoms with E-state index in [4.69, 9.17) is 6.57 Å². The molecule has 1 heterocycles. The van der Waals surface area contributed by atoms with Gasteiger partial charge in [-0.1, -0.05) is 12.1 Å². The van der Waals surface area contributed by atoms with Crippen LogP contribution in [0.1, 0.15) is 18.4 Å². The Morgan fingerprint density at radius 3 is 2.86 bits per heavy atom. The van der Waals surface area contributed by atoms with Crippen LogP contribution in [0, 0.1) is 6.57 Å². The molecule has 0 atom stereocenters. The van der Waals surface area contributed by atoms with Gasteiger partial charge in [-0.3, -0.25) is 0 Å². The minimum atomic E-state index is -0.166. The first-order valence-electron chi connectivity index (χ1n) is 4.71. The summed E-state index contributed by atoms with van der Waals surface area (Å²) in [7, 11) is 0. The molecule has 3 rings (SSSR count). The maximum Gasteiger partial charge on any atom is 0.258 e. The molecule has 2 aromatic rings. The zero-order valence-corrected chi connectivity index (χ0v) is 8.47. The highest BCUT2D eigenvalue weighted by Gasteiger charge is 2.53. The van der Waals surface area contributed by atoms with Crippen molar-refractivity contribution in [2.75, 3.05) is 0 Å². The molecule has 1 aromatic carbocycles. The second-order valence-corrected chi connectivity index (χ2v) is 4.73. The summed E-state index contributed by atoms with van der Waals surface area (Å²) < 4.78 is 1.30. The van der Waals surface area contributed by atoms with Crippen LogP contribution in [0.25, 0.3) is 14.9 Å². The average molecular weight is 199 g/mol. The molecular weight excluding hydrogens is 190 g/mol. The van der Waals surface area contributed by atoms with E-state index in [1.165, 1.54) is 15.6 Å². The van der Waals surface area contributed by atoms with Gasteiger partial charge >= 0.3 is 0 Å². The zero-order chi connectivity index (χ0) is 9.60. The number of fused-ring (bicyclic) bond motifs is 1. The van der Waals surface area contributed by atoms with Gasteiger partial charge in [-0.25, -0.2) is 6.57 Å². The van der Waals surface area contributed by atoms with Gasteiger partial charge in [0.1, 0.15) is 0 Å². The van der Waals surface area contributed by atoms with E-state index in [9.17, 15) is 0 Å². The second-order valence-electron chi connectivity index (χ2n) is 3.78. The third-order valence-corrected chi connectivity index (χ3v) is 3.82. The fourth-order valence-corrected chi connectivity index (χ4v) is 2.77. The van der Waals surface area contributed by atoms with Crippen molar-refractivity contribution >= 4 is 21.4 Å². The molecule has 0 bridgehead atoms. The maximum atomic E-state index is 7.26. The van der Waals surface area contributed by atoms with E-state index in [1.54, 1.807) is 11.3 Å². The Morgan fingerprint density at radius 2 is 2.14 bits per heavy atom. The lowest BCUT2D eigenvalue weighted by Gasteiger charge is -2.03. The summed E-state index contributed by atoms with van der Waals surface area (Å²) in [4.78, 5) is 3.79. The van der Waals surface area contributed by atoms with Crippen molar-refractivity contribution in [1.82, 2.24) is 0 Å². The van der Waals surface area contributed by atoms with Crippen LogP contribution in [0.4, 0.5) is 0 Å². The van der Waals surface area contributed by atoms with Crippen LogP contribution in [0.3, 0.4) is 0 Å². The molecule has 14 heavy (non-hydrogen) atoms. The normalized spacial score (nSPS) is 17.9. The van der Waals surface area contributed by atoms with E-state index in [0.29, 0.717) is 0 Å². The van der Waals surface area contributed by atoms with E-state index < -0.39 is 0 Å². The zero-order valence-electron chi connectivity index (χ0n) is 7.66. The summed E-state index contributed by atoms with van der Waals surface area (Å²) in [5.74, 6) is 0. The molecule has 1 fully saturated rings. The van der Waals surface area contributed by atoms with Gasteiger partial charge in [-0.05, 0) is 17.5 Å². The third kappa shape index (κ3) is 0.935. The first kappa shape index (κ1) is 8.02. The van der Waals surface area contributed by atoms with E-state index in [-0.39, 0.29) is 5.54 Å². The monoisotopic (exact) mass is 199 g/mol. The van der Waals surface area contributed by atoms with Crippen molar-refractivity contribution in [2.45, 2.75) is 18.4 Å². The molecule has 0 amide bonds. The molecule has 0 N–H and O–H groups in total. The molecule has 68 valence electrons. The van der Waals surface area contributed by atoms with Gasteiger partial charge in [0.05, 0.1) is 0 Å². The van der Waals surface area contributed by atoms with Crippen LogP contribution in [0.15, 0.2) is 29.6 Å². The number of hydrogen-bond acceptors (Lipinski definition) is 1. The number of thiophene rings is 1. The van der Waals surface area contributed by atoms with Crippen molar-refractivity contribution in [1.29, 1.82) is 0 Å². The van der Waals surface area contributed by atoms with Crippen molar-refractivity contribution in [3.8, 4) is 0 Å². The lowest BCUT2D eigenvalue weighted by Crippen LogP contribution is -1.99. The number of hydrogen-bond donors (Lipinski definition) is 0. The van der Waals surface area contributed by atoms with Crippen molar-refractivity contribution in [3.05, 3.63) is 46.6 Å². The van der Waals surface area contributed by atoms with Gasteiger partial charge in [0, 0.05) is 28.5 Å². The Bertz CT molecular complexity index is 528. The van der Waals surface area contributed by atoms with Crippen LogP contribution < -0.4 is 0 Å². The molecule has 1 aliphatic carbocycles. The van der Waals surface area contributed by atoms with Gasteiger partial charge in [-0.2, -0.15) is 0 Å². The summed E-state index contributed by atoms with van der Waals surface area (Å²) in [5.41, 5.74) is 1.08. The molecule has 1 aliphatic rings. The number of rotatable bonds is 1. The molecule has 0 radical (unpaired) electrons.